The van der Waals surface area contributed by atoms with Crippen molar-refractivity contribution in [2.75, 3.05) is 6.61 Å². The molecule has 0 radical (unpaired) electrons. The van der Waals surface area contributed by atoms with Gasteiger partial charge in [-0.05, 0) is 6.42 Å². The second-order valence-electron chi connectivity index (χ2n) is 6.63. The molecule has 7 nitrogen and oxygen atoms in total. The van der Waals surface area contributed by atoms with Gasteiger partial charge in [0.05, 0.1) is 6.61 Å². The monoisotopic (exact) mass is 360 g/mol. The molecule has 0 spiro atoms. The molecule has 1 rings (SSSR count). The number of hydrogen-bond acceptors (Lipinski definition) is 7. The van der Waals surface area contributed by atoms with E-state index in [2.05, 4.69) is 6.92 Å². The van der Waals surface area contributed by atoms with Crippen molar-refractivity contribution >= 4 is 11.9 Å². The Morgan fingerprint density at radius 1 is 1.08 bits per heavy atom. The lowest BCUT2D eigenvalue weighted by Crippen LogP contribution is -2.43. The Morgan fingerprint density at radius 2 is 1.64 bits per heavy atom. The highest BCUT2D eigenvalue weighted by Crippen LogP contribution is 2.21. The van der Waals surface area contributed by atoms with Crippen LogP contribution in [-0.4, -0.2) is 58.3 Å². The fraction of sp³-hybridized carbons (Fsp3) is 0.889. The van der Waals surface area contributed by atoms with Crippen LogP contribution in [-0.2, 0) is 19.1 Å². The van der Waals surface area contributed by atoms with Crippen molar-refractivity contribution in [2.24, 2.45) is 0 Å². The first-order chi connectivity index (χ1) is 12.0. The van der Waals surface area contributed by atoms with Gasteiger partial charge in [0, 0.05) is 6.42 Å². The van der Waals surface area contributed by atoms with Gasteiger partial charge in [-0.2, -0.15) is 0 Å². The third-order valence-electron chi connectivity index (χ3n) is 4.47. The molecule has 0 aromatic heterocycles. The first-order valence-corrected chi connectivity index (χ1v) is 9.38. The van der Waals surface area contributed by atoms with Gasteiger partial charge in [-0.3, -0.25) is 4.79 Å². The Bertz CT molecular complexity index is 399. The Balaban J connectivity index is 2.15. The van der Waals surface area contributed by atoms with Crippen LogP contribution in [0.3, 0.4) is 0 Å². The summed E-state index contributed by atoms with van der Waals surface area (Å²) in [6.07, 6.45) is 4.83. The van der Waals surface area contributed by atoms with Crippen LogP contribution in [0.25, 0.3) is 0 Å². The number of unbranched alkanes of at least 4 members (excludes halogenated alkanes) is 8. The predicted octanol–water partition coefficient (Wildman–Crippen LogP) is 1.46. The molecule has 146 valence electrons. The maximum atomic E-state index is 11.8. The maximum Gasteiger partial charge on any atom is 0.338 e. The highest BCUT2D eigenvalue weighted by molar-refractivity contribution is 5.78. The van der Waals surface area contributed by atoms with E-state index in [0.29, 0.717) is 6.42 Å². The normalized spacial score (nSPS) is 24.2. The fourth-order valence-corrected chi connectivity index (χ4v) is 2.90. The Morgan fingerprint density at radius 3 is 2.12 bits per heavy atom. The van der Waals surface area contributed by atoms with Crippen LogP contribution in [0.5, 0.6) is 0 Å². The minimum atomic E-state index is -1.67. The Labute approximate surface area is 149 Å². The summed E-state index contributed by atoms with van der Waals surface area (Å²) >= 11 is 0. The molecular weight excluding hydrogens is 328 g/mol. The lowest BCUT2D eigenvalue weighted by Gasteiger charge is -2.23. The molecule has 0 unspecified atom stereocenters. The van der Waals surface area contributed by atoms with Gasteiger partial charge in [0.1, 0.15) is 6.10 Å². The van der Waals surface area contributed by atoms with Crippen LogP contribution in [0.15, 0.2) is 0 Å². The van der Waals surface area contributed by atoms with Gasteiger partial charge in [0.15, 0.2) is 18.3 Å². The molecule has 1 heterocycles. The zero-order valence-electron chi connectivity index (χ0n) is 15.1. The number of carbonyl (C=O) groups is 2. The third-order valence-corrected chi connectivity index (χ3v) is 4.47. The number of ether oxygens (including phenoxy) is 2. The van der Waals surface area contributed by atoms with Gasteiger partial charge >= 0.3 is 11.9 Å². The SMILES string of the molecule is CCCCCCCCCCCC(=O)O[C@H](CO)[C@H]1OC(=O)[C@H](O)[C@H]1O. The molecule has 0 amide bonds. The molecule has 0 aliphatic carbocycles. The molecule has 0 saturated carbocycles. The van der Waals surface area contributed by atoms with Crippen LogP contribution < -0.4 is 0 Å². The molecule has 25 heavy (non-hydrogen) atoms. The zero-order chi connectivity index (χ0) is 18.7. The average Bonchev–Trinajstić information content (AvgIpc) is 2.85. The summed E-state index contributed by atoms with van der Waals surface area (Å²) < 4.78 is 9.85. The molecule has 3 N–H and O–H groups in total. The minimum absolute atomic E-state index is 0.214. The van der Waals surface area contributed by atoms with Gasteiger partial charge in [0.25, 0.3) is 0 Å². The van der Waals surface area contributed by atoms with E-state index in [1.54, 1.807) is 0 Å². The van der Waals surface area contributed by atoms with E-state index in [4.69, 9.17) is 9.47 Å². The first-order valence-electron chi connectivity index (χ1n) is 9.38. The smallest absolute Gasteiger partial charge is 0.338 e. The van der Waals surface area contributed by atoms with Crippen LogP contribution in [0.1, 0.15) is 71.1 Å². The lowest BCUT2D eigenvalue weighted by molar-refractivity contribution is -0.168. The van der Waals surface area contributed by atoms with E-state index in [0.717, 1.165) is 12.8 Å². The topological polar surface area (TPSA) is 113 Å². The highest BCUT2D eigenvalue weighted by Gasteiger charge is 2.47. The maximum absolute atomic E-state index is 11.8. The number of aliphatic hydroxyl groups excluding tert-OH is 3. The van der Waals surface area contributed by atoms with Crippen LogP contribution >= 0.6 is 0 Å². The van der Waals surface area contributed by atoms with Crippen molar-refractivity contribution < 1.29 is 34.4 Å². The number of hydrogen-bond donors (Lipinski definition) is 3. The number of rotatable bonds is 13. The van der Waals surface area contributed by atoms with Crippen molar-refractivity contribution in [1.29, 1.82) is 0 Å². The summed E-state index contributed by atoms with van der Waals surface area (Å²) in [5.74, 6) is -1.49. The van der Waals surface area contributed by atoms with E-state index < -0.39 is 43.0 Å². The van der Waals surface area contributed by atoms with Crippen LogP contribution in [0, 0.1) is 0 Å². The number of aliphatic hydroxyl groups is 3. The van der Waals surface area contributed by atoms with E-state index in [9.17, 15) is 24.9 Å². The summed E-state index contributed by atoms with van der Waals surface area (Å²) in [7, 11) is 0. The Hall–Kier alpha value is -1.18. The van der Waals surface area contributed by atoms with Gasteiger partial charge < -0.3 is 24.8 Å². The van der Waals surface area contributed by atoms with Crippen LogP contribution in [0.4, 0.5) is 0 Å². The Kier molecular flexibility index (Phi) is 10.7. The molecule has 1 saturated heterocycles. The third kappa shape index (κ3) is 7.71. The van der Waals surface area contributed by atoms with Crippen molar-refractivity contribution in [1.82, 2.24) is 0 Å². The van der Waals surface area contributed by atoms with Crippen molar-refractivity contribution in [3.63, 3.8) is 0 Å². The molecule has 0 bridgehead atoms. The molecule has 1 aliphatic rings. The molecule has 4 atom stereocenters. The average molecular weight is 360 g/mol. The molecule has 0 aromatic carbocycles. The summed E-state index contributed by atoms with van der Waals surface area (Å²) in [5, 5.41) is 28.3. The van der Waals surface area contributed by atoms with Crippen molar-refractivity contribution in [3.8, 4) is 0 Å². The van der Waals surface area contributed by atoms with Crippen molar-refractivity contribution in [3.05, 3.63) is 0 Å². The summed E-state index contributed by atoms with van der Waals surface area (Å²) in [6.45, 7) is 1.60. The minimum Gasteiger partial charge on any atom is -0.456 e. The van der Waals surface area contributed by atoms with E-state index in [1.807, 2.05) is 0 Å². The fourth-order valence-electron chi connectivity index (χ4n) is 2.90. The van der Waals surface area contributed by atoms with Gasteiger partial charge in [-0.1, -0.05) is 58.3 Å². The second-order valence-corrected chi connectivity index (χ2v) is 6.63. The summed E-state index contributed by atoms with van der Waals surface area (Å²) in [5.41, 5.74) is 0. The molecule has 1 fully saturated rings. The summed E-state index contributed by atoms with van der Waals surface area (Å²) in [6, 6.07) is 0. The summed E-state index contributed by atoms with van der Waals surface area (Å²) in [4.78, 5) is 23.0. The largest absolute Gasteiger partial charge is 0.456 e. The molecule has 7 heteroatoms. The standard InChI is InChI=1S/C18H32O7/c1-2-3-4-5-6-7-8-9-10-11-14(20)24-13(12-19)17-15(21)16(22)18(23)25-17/h13,15-17,19,21-22H,2-12H2,1H3/t13-,15-,16-,17-/m1/s1. The zero-order valence-corrected chi connectivity index (χ0v) is 15.1. The lowest BCUT2D eigenvalue weighted by atomic mass is 10.1. The van der Waals surface area contributed by atoms with Crippen molar-refractivity contribution in [2.45, 2.75) is 95.5 Å². The van der Waals surface area contributed by atoms with E-state index in [1.165, 1.54) is 38.5 Å². The highest BCUT2D eigenvalue weighted by atomic mass is 16.6. The van der Waals surface area contributed by atoms with E-state index in [-0.39, 0.29) is 6.42 Å². The second kappa shape index (κ2) is 12.2. The molecule has 0 aromatic rings. The number of cyclic esters (lactones) is 1. The van der Waals surface area contributed by atoms with Crippen LogP contribution in [0.2, 0.25) is 0 Å². The predicted molar refractivity (Wildman–Crippen MR) is 90.7 cm³/mol. The van der Waals surface area contributed by atoms with E-state index >= 15 is 0 Å². The number of esters is 2. The number of carbonyl (C=O) groups excluding carboxylic acids is 2. The van der Waals surface area contributed by atoms with Gasteiger partial charge in [-0.15, -0.1) is 0 Å². The molecule has 1 aliphatic heterocycles. The van der Waals surface area contributed by atoms with Gasteiger partial charge in [0.2, 0.25) is 0 Å². The first kappa shape index (κ1) is 21.9. The quantitative estimate of drug-likeness (QED) is 0.336. The molecular formula is C18H32O7. The van der Waals surface area contributed by atoms with Gasteiger partial charge in [-0.25, -0.2) is 4.79 Å².